The second-order valence-electron chi connectivity index (χ2n) is 4.28. The number of ether oxygens (including phenoxy) is 1. The van der Waals surface area contributed by atoms with Gasteiger partial charge in [-0.05, 0) is 37.3 Å². The maximum atomic E-state index is 12.2. The van der Waals surface area contributed by atoms with Crippen LogP contribution in [0.3, 0.4) is 0 Å². The van der Waals surface area contributed by atoms with E-state index in [0.29, 0.717) is 17.1 Å². The van der Waals surface area contributed by atoms with Gasteiger partial charge in [-0.25, -0.2) is 0 Å². The van der Waals surface area contributed by atoms with E-state index in [4.69, 9.17) is 12.2 Å². The third-order valence-corrected chi connectivity index (χ3v) is 3.19. The van der Waals surface area contributed by atoms with Crippen LogP contribution < -0.4 is 10.1 Å². The first-order valence-electron chi connectivity index (χ1n) is 6.48. The summed E-state index contributed by atoms with van der Waals surface area (Å²) < 4.78 is 30.8. The van der Waals surface area contributed by atoms with Crippen LogP contribution in [0.4, 0.5) is 8.78 Å². The molecule has 6 nitrogen and oxygen atoms in total. The van der Waals surface area contributed by atoms with Gasteiger partial charge in [-0.3, -0.25) is 9.89 Å². The molecule has 2 aromatic rings. The quantitative estimate of drug-likeness (QED) is 0.799. The number of hydrogen-bond acceptors (Lipinski definition) is 4. The van der Waals surface area contributed by atoms with Crippen molar-refractivity contribution in [2.45, 2.75) is 26.6 Å². The van der Waals surface area contributed by atoms with Crippen molar-refractivity contribution in [3.05, 3.63) is 40.4 Å². The third kappa shape index (κ3) is 3.88. The summed E-state index contributed by atoms with van der Waals surface area (Å²) in [6.07, 6.45) is 0. The number of carbonyl (C=O) groups is 1. The number of H-pyrrole nitrogens is 1. The molecule has 1 amide bonds. The van der Waals surface area contributed by atoms with E-state index in [2.05, 4.69) is 20.3 Å². The van der Waals surface area contributed by atoms with Crippen LogP contribution in [-0.2, 0) is 13.1 Å². The predicted molar refractivity (Wildman–Crippen MR) is 77.3 cm³/mol. The number of rotatable bonds is 6. The maximum Gasteiger partial charge on any atom is 0.387 e. The fourth-order valence-corrected chi connectivity index (χ4v) is 2.17. The number of halogens is 2. The number of nitrogens with zero attached hydrogens (tertiary/aromatic N) is 2. The fourth-order valence-electron chi connectivity index (χ4n) is 1.89. The van der Waals surface area contributed by atoms with Gasteiger partial charge in [-0.2, -0.15) is 13.9 Å². The van der Waals surface area contributed by atoms with Crippen molar-refractivity contribution in [1.29, 1.82) is 0 Å². The Morgan fingerprint density at radius 1 is 1.55 bits per heavy atom. The van der Waals surface area contributed by atoms with Crippen molar-refractivity contribution in [1.82, 2.24) is 20.1 Å². The Kier molecular flexibility index (Phi) is 5.21. The molecule has 0 aliphatic rings. The van der Waals surface area contributed by atoms with Crippen molar-refractivity contribution in [3.8, 4) is 5.75 Å². The molecule has 22 heavy (non-hydrogen) atoms. The molecule has 0 saturated carbocycles. The predicted octanol–water partition coefficient (Wildman–Crippen LogP) is 2.49. The number of aromatic amines is 1. The summed E-state index contributed by atoms with van der Waals surface area (Å²) in [6.45, 7) is -0.240. The van der Waals surface area contributed by atoms with E-state index in [-0.39, 0.29) is 17.9 Å². The SMILES string of the molecule is CCn1c(CNC(=O)c2cccc(OC(F)F)c2)n[nH]c1=S. The zero-order valence-corrected chi connectivity index (χ0v) is 12.5. The Hall–Kier alpha value is -2.29. The molecule has 1 aromatic carbocycles. The topological polar surface area (TPSA) is 71.9 Å². The molecule has 0 atom stereocenters. The minimum absolute atomic E-state index is 0.0705. The van der Waals surface area contributed by atoms with Crippen LogP contribution in [0.25, 0.3) is 0 Å². The summed E-state index contributed by atoms with van der Waals surface area (Å²) >= 11 is 5.05. The van der Waals surface area contributed by atoms with Gasteiger partial charge in [0.2, 0.25) is 0 Å². The number of nitrogens with one attached hydrogen (secondary N) is 2. The molecule has 0 radical (unpaired) electrons. The van der Waals surface area contributed by atoms with E-state index in [0.717, 1.165) is 0 Å². The number of alkyl halides is 2. The van der Waals surface area contributed by atoms with Crippen molar-refractivity contribution in [2.24, 2.45) is 0 Å². The van der Waals surface area contributed by atoms with Crippen molar-refractivity contribution >= 4 is 18.1 Å². The molecule has 1 heterocycles. The molecule has 0 unspecified atom stereocenters. The largest absolute Gasteiger partial charge is 0.435 e. The highest BCUT2D eigenvalue weighted by Gasteiger charge is 2.11. The smallest absolute Gasteiger partial charge is 0.387 e. The highest BCUT2D eigenvalue weighted by Crippen LogP contribution is 2.16. The Morgan fingerprint density at radius 3 is 3.00 bits per heavy atom. The van der Waals surface area contributed by atoms with Crippen LogP contribution in [0.15, 0.2) is 24.3 Å². The van der Waals surface area contributed by atoms with Gasteiger partial charge in [0.05, 0.1) is 6.54 Å². The standard InChI is InChI=1S/C13H14F2N4O2S/c1-2-19-10(17-18-13(19)22)7-16-11(20)8-4-3-5-9(6-8)21-12(14)15/h3-6,12H,2,7H2,1H3,(H,16,20)(H,18,22). The summed E-state index contributed by atoms with van der Waals surface area (Å²) in [6, 6.07) is 5.57. The lowest BCUT2D eigenvalue weighted by molar-refractivity contribution is -0.0498. The molecule has 0 aliphatic heterocycles. The van der Waals surface area contributed by atoms with Crippen LogP contribution >= 0.6 is 12.2 Å². The van der Waals surface area contributed by atoms with Gasteiger partial charge in [0, 0.05) is 12.1 Å². The van der Waals surface area contributed by atoms with Gasteiger partial charge in [0.1, 0.15) is 5.75 Å². The lowest BCUT2D eigenvalue weighted by Crippen LogP contribution is -2.24. The first-order valence-corrected chi connectivity index (χ1v) is 6.89. The van der Waals surface area contributed by atoms with E-state index in [1.165, 1.54) is 24.3 Å². The molecule has 0 bridgehead atoms. The van der Waals surface area contributed by atoms with E-state index < -0.39 is 12.5 Å². The average Bonchev–Trinajstić information content (AvgIpc) is 2.84. The molecular formula is C13H14F2N4O2S. The molecule has 2 N–H and O–H groups in total. The molecule has 0 saturated heterocycles. The first kappa shape index (κ1) is 16.1. The number of benzene rings is 1. The summed E-state index contributed by atoms with van der Waals surface area (Å²) in [7, 11) is 0. The van der Waals surface area contributed by atoms with E-state index >= 15 is 0 Å². The zero-order valence-electron chi connectivity index (χ0n) is 11.7. The molecule has 0 aliphatic carbocycles. The van der Waals surface area contributed by atoms with E-state index in [1.54, 1.807) is 4.57 Å². The van der Waals surface area contributed by atoms with Crippen molar-refractivity contribution in [3.63, 3.8) is 0 Å². The Morgan fingerprint density at radius 2 is 2.32 bits per heavy atom. The summed E-state index contributed by atoms with van der Waals surface area (Å²) in [5, 5.41) is 9.31. The zero-order chi connectivity index (χ0) is 16.1. The highest BCUT2D eigenvalue weighted by molar-refractivity contribution is 7.71. The Balaban J connectivity index is 2.04. The van der Waals surface area contributed by atoms with Crippen molar-refractivity contribution < 1.29 is 18.3 Å². The van der Waals surface area contributed by atoms with Crippen LogP contribution in [-0.4, -0.2) is 27.3 Å². The second-order valence-corrected chi connectivity index (χ2v) is 4.66. The molecule has 118 valence electrons. The minimum Gasteiger partial charge on any atom is -0.435 e. The van der Waals surface area contributed by atoms with Gasteiger partial charge < -0.3 is 14.6 Å². The Bertz CT molecular complexity index is 714. The van der Waals surface area contributed by atoms with Crippen LogP contribution in [0.2, 0.25) is 0 Å². The molecule has 0 fully saturated rings. The summed E-state index contributed by atoms with van der Waals surface area (Å²) in [5.41, 5.74) is 0.218. The van der Waals surface area contributed by atoms with Gasteiger partial charge >= 0.3 is 6.61 Å². The number of amides is 1. The lowest BCUT2D eigenvalue weighted by atomic mass is 10.2. The monoisotopic (exact) mass is 328 g/mol. The molecular weight excluding hydrogens is 314 g/mol. The second kappa shape index (κ2) is 7.12. The van der Waals surface area contributed by atoms with Crippen molar-refractivity contribution in [2.75, 3.05) is 0 Å². The first-order chi connectivity index (χ1) is 10.5. The molecule has 2 rings (SSSR count). The van der Waals surface area contributed by atoms with Crippen LogP contribution in [0.1, 0.15) is 23.1 Å². The van der Waals surface area contributed by atoms with Gasteiger partial charge in [0.15, 0.2) is 10.6 Å². The molecule has 1 aromatic heterocycles. The summed E-state index contributed by atoms with van der Waals surface area (Å²) in [4.78, 5) is 12.0. The van der Waals surface area contributed by atoms with Gasteiger partial charge in [-0.15, -0.1) is 0 Å². The normalized spacial score (nSPS) is 10.7. The lowest BCUT2D eigenvalue weighted by Gasteiger charge is -2.08. The maximum absolute atomic E-state index is 12.2. The molecule has 0 spiro atoms. The van der Waals surface area contributed by atoms with Crippen LogP contribution in [0, 0.1) is 4.77 Å². The Labute approximate surface area is 130 Å². The van der Waals surface area contributed by atoms with Gasteiger partial charge in [0.25, 0.3) is 5.91 Å². The third-order valence-electron chi connectivity index (χ3n) is 2.88. The van der Waals surface area contributed by atoms with Crippen LogP contribution in [0.5, 0.6) is 5.75 Å². The van der Waals surface area contributed by atoms with E-state index in [9.17, 15) is 13.6 Å². The van der Waals surface area contributed by atoms with Gasteiger partial charge in [-0.1, -0.05) is 6.07 Å². The van der Waals surface area contributed by atoms with E-state index in [1.807, 2.05) is 6.92 Å². The number of hydrogen-bond donors (Lipinski definition) is 2. The number of aromatic nitrogens is 3. The fraction of sp³-hybridized carbons (Fsp3) is 0.308. The molecule has 9 heteroatoms. The average molecular weight is 328 g/mol. The summed E-state index contributed by atoms with van der Waals surface area (Å²) in [5.74, 6) is 0.0935. The minimum atomic E-state index is -2.93. The number of carbonyl (C=O) groups excluding carboxylic acids is 1. The highest BCUT2D eigenvalue weighted by atomic mass is 32.1.